The third kappa shape index (κ3) is 5.19. The number of rotatable bonds is 8. The van der Waals surface area contributed by atoms with Crippen molar-refractivity contribution in [2.75, 3.05) is 10.8 Å². The molecule has 3 aromatic carbocycles. The van der Waals surface area contributed by atoms with Gasteiger partial charge in [0.05, 0.1) is 10.6 Å². The van der Waals surface area contributed by atoms with Gasteiger partial charge in [0.1, 0.15) is 6.54 Å². The molecule has 160 valence electrons. The van der Waals surface area contributed by atoms with Gasteiger partial charge in [0.15, 0.2) is 4.90 Å². The summed E-state index contributed by atoms with van der Waals surface area (Å²) in [6, 6.07) is 19.9. The molecule has 3 rings (SSSR count). The van der Waals surface area contributed by atoms with E-state index in [4.69, 9.17) is 11.6 Å². The number of amides is 1. The zero-order valence-corrected chi connectivity index (χ0v) is 17.7. The number of nitrogens with one attached hydrogen (secondary N) is 1. The number of nitrogens with zero attached hydrogens (tertiary/aromatic N) is 2. The van der Waals surface area contributed by atoms with Crippen LogP contribution >= 0.6 is 11.6 Å². The van der Waals surface area contributed by atoms with Crippen molar-refractivity contribution in [3.63, 3.8) is 0 Å². The first-order chi connectivity index (χ1) is 14.8. The Morgan fingerprint density at radius 3 is 2.26 bits per heavy atom. The molecule has 3 aromatic rings. The minimum absolute atomic E-state index is 0.104. The lowest BCUT2D eigenvalue weighted by Gasteiger charge is -2.24. The smallest absolute Gasteiger partial charge is 0.289 e. The predicted octanol–water partition coefficient (Wildman–Crippen LogP) is 3.76. The van der Waals surface area contributed by atoms with E-state index in [2.05, 4.69) is 5.32 Å². The van der Waals surface area contributed by atoms with Crippen molar-refractivity contribution in [3.8, 4) is 0 Å². The standard InChI is InChI=1S/C21H18ClN3O5S/c22-18-11-5-4-8-16(18)14-23-21(26)15-24(17-9-2-1-3-10-17)31(29,30)20-13-7-6-12-19(20)25(27)28/h1-13H,14-15H2,(H,23,26). The quantitative estimate of drug-likeness (QED) is 0.407. The Kier molecular flexibility index (Phi) is 6.88. The van der Waals surface area contributed by atoms with Crippen LogP contribution in [-0.2, 0) is 21.4 Å². The van der Waals surface area contributed by atoms with Crippen LogP contribution in [0, 0.1) is 10.1 Å². The van der Waals surface area contributed by atoms with Crippen LogP contribution in [0.4, 0.5) is 11.4 Å². The summed E-state index contributed by atoms with van der Waals surface area (Å²) in [5.41, 5.74) is 0.304. The summed E-state index contributed by atoms with van der Waals surface area (Å²) in [5.74, 6) is -0.592. The van der Waals surface area contributed by atoms with Gasteiger partial charge in [0, 0.05) is 17.6 Å². The molecule has 0 aromatic heterocycles. The van der Waals surface area contributed by atoms with Gasteiger partial charge in [-0.15, -0.1) is 0 Å². The van der Waals surface area contributed by atoms with Gasteiger partial charge in [-0.2, -0.15) is 0 Å². The van der Waals surface area contributed by atoms with Gasteiger partial charge in [-0.3, -0.25) is 19.2 Å². The lowest BCUT2D eigenvalue weighted by molar-refractivity contribution is -0.387. The summed E-state index contributed by atoms with van der Waals surface area (Å²) < 4.78 is 27.5. The van der Waals surface area contributed by atoms with Crippen molar-refractivity contribution >= 4 is 38.9 Å². The molecule has 0 spiro atoms. The Bertz CT molecular complexity index is 1200. The summed E-state index contributed by atoms with van der Waals surface area (Å²) >= 11 is 6.09. The van der Waals surface area contributed by atoms with E-state index in [1.807, 2.05) is 0 Å². The topological polar surface area (TPSA) is 110 Å². The van der Waals surface area contributed by atoms with E-state index in [-0.39, 0.29) is 12.2 Å². The van der Waals surface area contributed by atoms with Gasteiger partial charge in [0.25, 0.3) is 15.7 Å². The van der Waals surface area contributed by atoms with Gasteiger partial charge in [-0.1, -0.05) is 60.1 Å². The van der Waals surface area contributed by atoms with E-state index in [0.717, 1.165) is 16.4 Å². The van der Waals surface area contributed by atoms with Crippen molar-refractivity contribution in [2.24, 2.45) is 0 Å². The molecule has 0 radical (unpaired) electrons. The number of carbonyl (C=O) groups is 1. The monoisotopic (exact) mass is 459 g/mol. The second kappa shape index (κ2) is 9.59. The van der Waals surface area contributed by atoms with E-state index in [9.17, 15) is 23.3 Å². The number of hydrogen-bond acceptors (Lipinski definition) is 5. The highest BCUT2D eigenvalue weighted by Crippen LogP contribution is 2.29. The number of halogens is 1. The molecular weight excluding hydrogens is 442 g/mol. The van der Waals surface area contributed by atoms with Crippen molar-refractivity contribution in [1.29, 1.82) is 0 Å². The molecule has 0 bridgehead atoms. The zero-order chi connectivity index (χ0) is 22.4. The van der Waals surface area contributed by atoms with Crippen LogP contribution in [0.3, 0.4) is 0 Å². The number of nitro groups is 1. The Balaban J connectivity index is 1.92. The highest BCUT2D eigenvalue weighted by atomic mass is 35.5. The first-order valence-corrected chi connectivity index (χ1v) is 10.9. The number of benzene rings is 3. The van der Waals surface area contributed by atoms with Gasteiger partial charge in [0.2, 0.25) is 5.91 Å². The zero-order valence-electron chi connectivity index (χ0n) is 16.1. The van der Waals surface area contributed by atoms with Gasteiger partial charge in [-0.05, 0) is 29.8 Å². The van der Waals surface area contributed by atoms with Crippen molar-refractivity contribution in [2.45, 2.75) is 11.4 Å². The average molecular weight is 460 g/mol. The number of hydrogen-bond donors (Lipinski definition) is 1. The molecule has 0 saturated heterocycles. The van der Waals surface area contributed by atoms with Crippen molar-refractivity contribution in [1.82, 2.24) is 5.32 Å². The fourth-order valence-electron chi connectivity index (χ4n) is 2.88. The summed E-state index contributed by atoms with van der Waals surface area (Å²) in [4.78, 5) is 22.7. The van der Waals surface area contributed by atoms with E-state index in [1.165, 1.54) is 24.3 Å². The van der Waals surface area contributed by atoms with Crippen LogP contribution < -0.4 is 9.62 Å². The first-order valence-electron chi connectivity index (χ1n) is 9.12. The fourth-order valence-corrected chi connectivity index (χ4v) is 4.66. The number of sulfonamides is 1. The Morgan fingerprint density at radius 2 is 1.58 bits per heavy atom. The molecule has 1 amide bonds. The predicted molar refractivity (Wildman–Crippen MR) is 117 cm³/mol. The van der Waals surface area contributed by atoms with Crippen LogP contribution in [0.1, 0.15) is 5.56 Å². The molecular formula is C21H18ClN3O5S. The van der Waals surface area contributed by atoms with Gasteiger partial charge in [-0.25, -0.2) is 8.42 Å². The van der Waals surface area contributed by atoms with Crippen LogP contribution in [0.5, 0.6) is 0 Å². The molecule has 0 unspecified atom stereocenters. The van der Waals surface area contributed by atoms with Crippen molar-refractivity contribution in [3.05, 3.63) is 99.6 Å². The highest BCUT2D eigenvalue weighted by Gasteiger charge is 2.33. The summed E-state index contributed by atoms with van der Waals surface area (Å²) in [7, 11) is -4.41. The lowest BCUT2D eigenvalue weighted by Crippen LogP contribution is -2.40. The molecule has 8 nitrogen and oxygen atoms in total. The third-order valence-electron chi connectivity index (χ3n) is 4.40. The van der Waals surface area contributed by atoms with Crippen LogP contribution in [0.25, 0.3) is 0 Å². The van der Waals surface area contributed by atoms with Crippen LogP contribution in [0.2, 0.25) is 5.02 Å². The summed E-state index contributed by atoms with van der Waals surface area (Å²) in [5, 5.41) is 14.5. The molecule has 31 heavy (non-hydrogen) atoms. The molecule has 0 aliphatic heterocycles. The summed E-state index contributed by atoms with van der Waals surface area (Å²) in [6.07, 6.45) is 0. The maximum atomic E-state index is 13.3. The van der Waals surface area contributed by atoms with Crippen molar-refractivity contribution < 1.29 is 18.1 Å². The van der Waals surface area contributed by atoms with E-state index >= 15 is 0 Å². The van der Waals surface area contributed by atoms with E-state index in [1.54, 1.807) is 42.5 Å². The third-order valence-corrected chi connectivity index (χ3v) is 6.59. The molecule has 1 N–H and O–H groups in total. The molecule has 0 aliphatic carbocycles. The average Bonchev–Trinajstić information content (AvgIpc) is 2.77. The number of anilines is 1. The molecule has 0 fully saturated rings. The molecule has 0 aliphatic rings. The largest absolute Gasteiger partial charge is 0.350 e. The Hall–Kier alpha value is -3.43. The Morgan fingerprint density at radius 1 is 0.968 bits per heavy atom. The number of carbonyl (C=O) groups excluding carboxylic acids is 1. The van der Waals surface area contributed by atoms with Crippen LogP contribution in [0.15, 0.2) is 83.8 Å². The van der Waals surface area contributed by atoms with E-state index < -0.39 is 38.0 Å². The van der Waals surface area contributed by atoms with Gasteiger partial charge >= 0.3 is 0 Å². The number of para-hydroxylation sites is 2. The minimum atomic E-state index is -4.41. The summed E-state index contributed by atoms with van der Waals surface area (Å²) in [6.45, 7) is -0.463. The maximum absolute atomic E-state index is 13.3. The minimum Gasteiger partial charge on any atom is -0.350 e. The molecule has 0 saturated carbocycles. The second-order valence-corrected chi connectivity index (χ2v) is 8.68. The normalized spacial score (nSPS) is 11.0. The molecule has 10 heteroatoms. The Labute approximate surface area is 184 Å². The SMILES string of the molecule is O=C(CN(c1ccccc1)S(=O)(=O)c1ccccc1[N+](=O)[O-])NCc1ccccc1Cl. The van der Waals surface area contributed by atoms with Crippen LogP contribution in [-0.4, -0.2) is 25.8 Å². The molecule has 0 heterocycles. The van der Waals surface area contributed by atoms with E-state index in [0.29, 0.717) is 10.6 Å². The second-order valence-electron chi connectivity index (χ2n) is 6.44. The molecule has 0 atom stereocenters. The van der Waals surface area contributed by atoms with Gasteiger partial charge < -0.3 is 5.32 Å². The first kappa shape index (κ1) is 22.3. The highest BCUT2D eigenvalue weighted by molar-refractivity contribution is 7.93. The lowest BCUT2D eigenvalue weighted by atomic mass is 10.2. The fraction of sp³-hybridized carbons (Fsp3) is 0.0952. The maximum Gasteiger partial charge on any atom is 0.289 e. The number of nitro benzene ring substituents is 1.